The Bertz CT molecular complexity index is 624. The smallest absolute Gasteiger partial charge is 0.252 e. The van der Waals surface area contributed by atoms with Gasteiger partial charge >= 0.3 is 0 Å². The first-order valence-corrected chi connectivity index (χ1v) is 11.5. The van der Waals surface area contributed by atoms with Crippen molar-refractivity contribution in [1.29, 1.82) is 0 Å². The summed E-state index contributed by atoms with van der Waals surface area (Å²) in [5, 5.41) is 0. The Morgan fingerprint density at radius 1 is 1.22 bits per heavy atom. The first-order valence-electron chi connectivity index (χ1n) is 8.43. The number of hydrogen-bond donors (Lipinski definition) is 0. The number of nitrogens with zero attached hydrogens (tertiary/aromatic N) is 2. The molecule has 0 N–H and O–H groups in total. The zero-order valence-electron chi connectivity index (χ0n) is 13.6. The molecular weight excluding hydrogens is 396 g/mol. The monoisotopic (exact) mass is 420 g/mol. The molecule has 0 spiro atoms. The largest absolute Gasteiger partial charge is 0.303 e. The molecule has 0 saturated carbocycles. The molecule has 2 aliphatic heterocycles. The van der Waals surface area contributed by atoms with Gasteiger partial charge in [0.05, 0.1) is 3.79 Å². The van der Waals surface area contributed by atoms with Crippen molar-refractivity contribution in [3.8, 4) is 0 Å². The van der Waals surface area contributed by atoms with E-state index in [9.17, 15) is 8.42 Å². The van der Waals surface area contributed by atoms with E-state index in [1.54, 1.807) is 10.4 Å². The van der Waals surface area contributed by atoms with Crippen molar-refractivity contribution < 1.29 is 8.42 Å². The molecule has 0 aliphatic carbocycles. The topological polar surface area (TPSA) is 40.6 Å². The van der Waals surface area contributed by atoms with Crippen molar-refractivity contribution in [2.75, 3.05) is 32.7 Å². The summed E-state index contributed by atoms with van der Waals surface area (Å²) in [6.07, 6.45) is 4.62. The lowest BCUT2D eigenvalue weighted by Gasteiger charge is -2.37. The third kappa shape index (κ3) is 4.37. The fraction of sp³-hybridized carbons (Fsp3) is 0.750. The van der Waals surface area contributed by atoms with E-state index in [1.165, 1.54) is 37.3 Å². The van der Waals surface area contributed by atoms with E-state index in [4.69, 9.17) is 0 Å². The molecule has 2 aliphatic rings. The van der Waals surface area contributed by atoms with Crippen LogP contribution in [0.4, 0.5) is 0 Å². The molecule has 1 atom stereocenters. The molecule has 7 heteroatoms. The Hall–Kier alpha value is 0.0500. The van der Waals surface area contributed by atoms with Crippen molar-refractivity contribution in [3.63, 3.8) is 0 Å². The molecular formula is C16H25BrN2O2S2. The Morgan fingerprint density at radius 2 is 1.96 bits per heavy atom. The molecule has 4 nitrogen and oxygen atoms in total. The third-order valence-electron chi connectivity index (χ3n) is 4.97. The lowest BCUT2D eigenvalue weighted by atomic mass is 9.94. The van der Waals surface area contributed by atoms with Crippen LogP contribution in [-0.2, 0) is 10.0 Å². The highest BCUT2D eigenvalue weighted by molar-refractivity contribution is 9.11. The highest BCUT2D eigenvalue weighted by Crippen LogP contribution is 2.31. The number of thiophene rings is 1. The summed E-state index contributed by atoms with van der Waals surface area (Å²) in [4.78, 5) is 2.58. The van der Waals surface area contributed by atoms with Crippen LogP contribution in [0.2, 0.25) is 0 Å². The Balaban J connectivity index is 1.54. The second-order valence-electron chi connectivity index (χ2n) is 6.91. The van der Waals surface area contributed by atoms with Gasteiger partial charge in [0.15, 0.2) is 0 Å². The number of halogens is 1. The normalized spacial score (nSPS) is 25.7. The van der Waals surface area contributed by atoms with E-state index >= 15 is 0 Å². The minimum atomic E-state index is -3.30. The molecule has 0 radical (unpaired) electrons. The molecule has 2 saturated heterocycles. The van der Waals surface area contributed by atoms with Crippen LogP contribution in [0.3, 0.4) is 0 Å². The number of hydrogen-bond acceptors (Lipinski definition) is 4. The summed E-state index contributed by atoms with van der Waals surface area (Å²) in [5.74, 6) is 1.45. The van der Waals surface area contributed by atoms with E-state index in [2.05, 4.69) is 27.8 Å². The third-order valence-corrected chi connectivity index (χ3v) is 8.96. The van der Waals surface area contributed by atoms with Crippen molar-refractivity contribution in [1.82, 2.24) is 9.21 Å². The van der Waals surface area contributed by atoms with Crippen LogP contribution in [-0.4, -0.2) is 50.3 Å². The van der Waals surface area contributed by atoms with Gasteiger partial charge in [0.2, 0.25) is 0 Å². The summed E-state index contributed by atoms with van der Waals surface area (Å²) in [7, 11) is -3.30. The fourth-order valence-electron chi connectivity index (χ4n) is 3.71. The van der Waals surface area contributed by atoms with E-state index in [-0.39, 0.29) is 0 Å². The van der Waals surface area contributed by atoms with E-state index in [0.29, 0.717) is 23.2 Å². The Kier molecular flexibility index (Phi) is 5.84. The molecule has 0 bridgehead atoms. The van der Waals surface area contributed by atoms with Gasteiger partial charge in [0, 0.05) is 26.2 Å². The molecule has 1 aromatic rings. The highest BCUT2D eigenvalue weighted by atomic mass is 79.9. The van der Waals surface area contributed by atoms with Gasteiger partial charge in [-0.05, 0) is 72.1 Å². The number of piperidine rings is 2. The summed E-state index contributed by atoms with van der Waals surface area (Å²) in [5.41, 5.74) is 0. The second-order valence-corrected chi connectivity index (χ2v) is 11.5. The van der Waals surface area contributed by atoms with Crippen molar-refractivity contribution in [2.24, 2.45) is 11.8 Å². The number of rotatable bonds is 4. The van der Waals surface area contributed by atoms with Crippen LogP contribution in [0.5, 0.6) is 0 Å². The average Bonchev–Trinajstić information content (AvgIpc) is 2.95. The van der Waals surface area contributed by atoms with Crippen LogP contribution in [0.25, 0.3) is 0 Å². The van der Waals surface area contributed by atoms with Crippen molar-refractivity contribution in [2.45, 2.75) is 36.8 Å². The maximum atomic E-state index is 12.6. The molecule has 2 fully saturated rings. The summed E-state index contributed by atoms with van der Waals surface area (Å²) in [6.45, 7) is 7.22. The van der Waals surface area contributed by atoms with Gasteiger partial charge in [0.25, 0.3) is 10.0 Å². The highest BCUT2D eigenvalue weighted by Gasteiger charge is 2.31. The molecule has 0 unspecified atom stereocenters. The van der Waals surface area contributed by atoms with E-state index in [0.717, 1.165) is 29.1 Å². The predicted molar refractivity (Wildman–Crippen MR) is 98.3 cm³/mol. The number of likely N-dealkylation sites (tertiary alicyclic amines) is 1. The van der Waals surface area contributed by atoms with Crippen LogP contribution >= 0.6 is 27.3 Å². The first kappa shape index (κ1) is 17.9. The summed E-state index contributed by atoms with van der Waals surface area (Å²) < 4.78 is 28.3. The minimum Gasteiger partial charge on any atom is -0.303 e. The number of sulfonamides is 1. The van der Waals surface area contributed by atoms with Crippen molar-refractivity contribution >= 4 is 37.3 Å². The molecule has 3 heterocycles. The molecule has 130 valence electrons. The van der Waals surface area contributed by atoms with Crippen molar-refractivity contribution in [3.05, 3.63) is 15.9 Å². The molecule has 0 amide bonds. The van der Waals surface area contributed by atoms with Gasteiger partial charge in [0.1, 0.15) is 4.21 Å². The van der Waals surface area contributed by atoms with Gasteiger partial charge in [-0.2, -0.15) is 4.31 Å². The molecule has 1 aromatic heterocycles. The second kappa shape index (κ2) is 7.52. The van der Waals surface area contributed by atoms with Crippen LogP contribution in [0, 0.1) is 11.8 Å². The van der Waals surface area contributed by atoms with E-state index in [1.807, 2.05) is 6.07 Å². The molecule has 23 heavy (non-hydrogen) atoms. The maximum Gasteiger partial charge on any atom is 0.252 e. The summed E-state index contributed by atoms with van der Waals surface area (Å²) >= 11 is 4.64. The van der Waals surface area contributed by atoms with Crippen LogP contribution < -0.4 is 0 Å². The minimum absolute atomic E-state index is 0.452. The lowest BCUT2D eigenvalue weighted by Crippen LogP contribution is -2.43. The van der Waals surface area contributed by atoms with Gasteiger partial charge < -0.3 is 4.90 Å². The first-order chi connectivity index (χ1) is 10.9. The van der Waals surface area contributed by atoms with Gasteiger partial charge in [-0.25, -0.2) is 8.42 Å². The zero-order chi connectivity index (χ0) is 16.4. The van der Waals surface area contributed by atoms with Gasteiger partial charge in [-0.3, -0.25) is 0 Å². The van der Waals surface area contributed by atoms with Gasteiger partial charge in [-0.1, -0.05) is 6.92 Å². The van der Waals surface area contributed by atoms with Crippen LogP contribution in [0.1, 0.15) is 32.6 Å². The Labute approximate surface area is 152 Å². The quantitative estimate of drug-likeness (QED) is 0.745. The zero-order valence-corrected chi connectivity index (χ0v) is 16.8. The fourth-order valence-corrected chi connectivity index (χ4v) is 7.35. The average molecular weight is 421 g/mol. The van der Waals surface area contributed by atoms with Gasteiger partial charge in [-0.15, -0.1) is 11.3 Å². The Morgan fingerprint density at radius 3 is 2.57 bits per heavy atom. The molecule has 3 rings (SSSR count). The van der Waals surface area contributed by atoms with Crippen LogP contribution in [0.15, 0.2) is 20.1 Å². The lowest BCUT2D eigenvalue weighted by molar-refractivity contribution is 0.136. The summed E-state index contributed by atoms with van der Waals surface area (Å²) in [6, 6.07) is 3.51. The maximum absolute atomic E-state index is 12.6. The predicted octanol–water partition coefficient (Wildman–Crippen LogP) is 3.64. The molecule has 0 aromatic carbocycles. The standard InChI is InChI=1S/C16H25BrN2O2S2/c1-13-3-2-8-18(11-13)12-14-6-9-19(10-7-14)23(20,21)16-5-4-15(17)22-16/h4-5,13-14H,2-3,6-12H2,1H3/t13-/m0/s1. The van der Waals surface area contributed by atoms with E-state index < -0.39 is 10.0 Å². The SMILES string of the molecule is C[C@H]1CCCN(CC2CCN(S(=O)(=O)c3ccc(Br)s3)CC2)C1.